The number of carbonyl (C=O) groups is 1. The van der Waals surface area contributed by atoms with Gasteiger partial charge in [0.15, 0.2) is 0 Å². The van der Waals surface area contributed by atoms with Gasteiger partial charge in [-0.1, -0.05) is 6.07 Å². The number of rotatable bonds is 5. The maximum absolute atomic E-state index is 11.7. The van der Waals surface area contributed by atoms with Crippen molar-refractivity contribution in [2.45, 2.75) is 6.92 Å². The summed E-state index contributed by atoms with van der Waals surface area (Å²) in [5.74, 6) is -0.707. The maximum atomic E-state index is 11.7. The van der Waals surface area contributed by atoms with Crippen LogP contribution in [-0.4, -0.2) is 22.1 Å². The lowest BCUT2D eigenvalue weighted by atomic mass is 10.2. The highest BCUT2D eigenvalue weighted by atomic mass is 16.6. The molecule has 7 nitrogen and oxygen atoms in total. The third-order valence-corrected chi connectivity index (χ3v) is 3.01. The van der Waals surface area contributed by atoms with Gasteiger partial charge >= 0.3 is 5.97 Å². The van der Waals surface area contributed by atoms with Crippen LogP contribution in [0, 0.1) is 21.4 Å². The molecule has 0 spiro atoms. The lowest BCUT2D eigenvalue weighted by Crippen LogP contribution is -2.06. The van der Waals surface area contributed by atoms with E-state index in [0.29, 0.717) is 11.4 Å². The Labute approximate surface area is 132 Å². The van der Waals surface area contributed by atoms with E-state index in [-0.39, 0.29) is 17.9 Å². The largest absolute Gasteiger partial charge is 0.462 e. The number of aromatic nitrogens is 1. The van der Waals surface area contributed by atoms with Crippen LogP contribution in [0.2, 0.25) is 0 Å². The Morgan fingerprint density at radius 1 is 1.43 bits per heavy atom. The summed E-state index contributed by atoms with van der Waals surface area (Å²) in [6.07, 6.45) is 3.07. The second kappa shape index (κ2) is 7.04. The smallest absolute Gasteiger partial charge is 0.348 e. The van der Waals surface area contributed by atoms with Crippen LogP contribution in [0.25, 0.3) is 11.8 Å². The topological polar surface area (TPSA) is 98.2 Å². The van der Waals surface area contributed by atoms with Crippen molar-refractivity contribution in [2.24, 2.45) is 0 Å². The number of hydrogen-bond donors (Lipinski definition) is 0. The van der Waals surface area contributed by atoms with Crippen molar-refractivity contribution in [3.05, 3.63) is 64.0 Å². The van der Waals surface area contributed by atoms with Gasteiger partial charge in [-0.25, -0.2) is 4.79 Å². The summed E-state index contributed by atoms with van der Waals surface area (Å²) in [6, 6.07) is 11.3. The number of non-ortho nitro benzene ring substituents is 1. The fourth-order valence-corrected chi connectivity index (χ4v) is 2.00. The first kappa shape index (κ1) is 16.0. The van der Waals surface area contributed by atoms with Gasteiger partial charge in [-0.3, -0.25) is 10.1 Å². The molecule has 7 heteroatoms. The van der Waals surface area contributed by atoms with Crippen molar-refractivity contribution in [2.75, 3.05) is 6.61 Å². The first-order valence-corrected chi connectivity index (χ1v) is 6.78. The van der Waals surface area contributed by atoms with E-state index in [1.807, 2.05) is 0 Å². The van der Waals surface area contributed by atoms with Gasteiger partial charge in [0.2, 0.25) is 0 Å². The van der Waals surface area contributed by atoms with Gasteiger partial charge < -0.3 is 9.30 Å². The van der Waals surface area contributed by atoms with Gasteiger partial charge in [0.1, 0.15) is 11.6 Å². The summed E-state index contributed by atoms with van der Waals surface area (Å²) in [6.45, 7) is 1.82. The predicted octanol–water partition coefficient (Wildman–Crippen LogP) is 2.86. The Bertz CT molecular complexity index is 815. The molecule has 116 valence electrons. The molecule has 2 rings (SSSR count). The predicted molar refractivity (Wildman–Crippen MR) is 82.6 cm³/mol. The number of nitriles is 1. The second-order valence-electron chi connectivity index (χ2n) is 4.47. The minimum Gasteiger partial charge on any atom is -0.462 e. The highest BCUT2D eigenvalue weighted by molar-refractivity contribution is 5.97. The number of benzene rings is 1. The number of hydrogen-bond acceptors (Lipinski definition) is 5. The molecule has 1 heterocycles. The average Bonchev–Trinajstić information content (AvgIpc) is 3.01. The van der Waals surface area contributed by atoms with Crippen molar-refractivity contribution in [3.8, 4) is 11.8 Å². The summed E-state index contributed by atoms with van der Waals surface area (Å²) in [4.78, 5) is 22.1. The Morgan fingerprint density at radius 3 is 2.87 bits per heavy atom. The third-order valence-electron chi connectivity index (χ3n) is 3.01. The van der Waals surface area contributed by atoms with Crippen LogP contribution in [0.15, 0.2) is 48.2 Å². The first-order valence-electron chi connectivity index (χ1n) is 6.78. The van der Waals surface area contributed by atoms with Crippen molar-refractivity contribution in [3.63, 3.8) is 0 Å². The van der Waals surface area contributed by atoms with E-state index in [2.05, 4.69) is 0 Å². The van der Waals surface area contributed by atoms with Crippen LogP contribution >= 0.6 is 0 Å². The molecule has 1 aromatic carbocycles. The number of ether oxygens (including phenoxy) is 1. The van der Waals surface area contributed by atoms with E-state index in [4.69, 9.17) is 10.00 Å². The van der Waals surface area contributed by atoms with Gasteiger partial charge in [0.05, 0.1) is 17.2 Å². The monoisotopic (exact) mass is 311 g/mol. The van der Waals surface area contributed by atoms with E-state index < -0.39 is 10.9 Å². The summed E-state index contributed by atoms with van der Waals surface area (Å²) < 4.78 is 6.45. The fraction of sp³-hybridized carbons (Fsp3) is 0.125. The molecule has 0 atom stereocenters. The molecule has 0 amide bonds. The molecular formula is C16H13N3O4. The molecule has 0 saturated carbocycles. The summed E-state index contributed by atoms with van der Waals surface area (Å²) in [5.41, 5.74) is 0.904. The van der Waals surface area contributed by atoms with Gasteiger partial charge in [-0.2, -0.15) is 5.26 Å². The van der Waals surface area contributed by atoms with Gasteiger partial charge in [-0.15, -0.1) is 0 Å². The molecular weight excluding hydrogens is 298 g/mol. The summed E-state index contributed by atoms with van der Waals surface area (Å²) >= 11 is 0. The molecule has 0 fully saturated rings. The molecule has 0 bridgehead atoms. The number of nitrogens with zero attached hydrogens (tertiary/aromatic N) is 3. The Balaban J connectivity index is 2.44. The molecule has 0 saturated heterocycles. The van der Waals surface area contributed by atoms with Crippen molar-refractivity contribution in [1.82, 2.24) is 4.57 Å². The van der Waals surface area contributed by atoms with E-state index in [9.17, 15) is 14.9 Å². The lowest BCUT2D eigenvalue weighted by molar-refractivity contribution is -0.384. The SMILES string of the molecule is CCOC(=O)C(C#N)=Cc1cccn1-c1cccc([N+](=O)[O-])c1. The maximum Gasteiger partial charge on any atom is 0.348 e. The highest BCUT2D eigenvalue weighted by Gasteiger charge is 2.12. The third kappa shape index (κ3) is 3.63. The van der Waals surface area contributed by atoms with Gasteiger partial charge in [0, 0.05) is 24.0 Å². The van der Waals surface area contributed by atoms with E-state index in [0.717, 1.165) is 0 Å². The fourth-order valence-electron chi connectivity index (χ4n) is 2.00. The van der Waals surface area contributed by atoms with Crippen LogP contribution in [0.1, 0.15) is 12.6 Å². The van der Waals surface area contributed by atoms with E-state index in [1.54, 1.807) is 48.0 Å². The summed E-state index contributed by atoms with van der Waals surface area (Å²) in [7, 11) is 0. The Morgan fingerprint density at radius 2 is 2.22 bits per heavy atom. The Hall–Kier alpha value is -3.40. The van der Waals surface area contributed by atoms with E-state index in [1.165, 1.54) is 18.2 Å². The average molecular weight is 311 g/mol. The van der Waals surface area contributed by atoms with Crippen LogP contribution in [-0.2, 0) is 9.53 Å². The molecule has 2 aromatic rings. The molecule has 23 heavy (non-hydrogen) atoms. The molecule has 0 unspecified atom stereocenters. The number of nitro groups is 1. The minimum absolute atomic E-state index is 0.0444. The second-order valence-corrected chi connectivity index (χ2v) is 4.47. The molecule has 0 N–H and O–H groups in total. The zero-order valence-corrected chi connectivity index (χ0v) is 12.3. The normalized spacial score (nSPS) is 10.9. The van der Waals surface area contributed by atoms with Crippen molar-refractivity contribution < 1.29 is 14.5 Å². The molecule has 0 aliphatic rings. The van der Waals surface area contributed by atoms with Crippen LogP contribution in [0.5, 0.6) is 0 Å². The molecule has 1 aromatic heterocycles. The molecule has 0 radical (unpaired) electrons. The molecule has 0 aliphatic carbocycles. The van der Waals surface area contributed by atoms with Crippen molar-refractivity contribution >= 4 is 17.7 Å². The van der Waals surface area contributed by atoms with Crippen LogP contribution in [0.4, 0.5) is 5.69 Å². The Kier molecular flexibility index (Phi) is 4.89. The highest BCUT2D eigenvalue weighted by Crippen LogP contribution is 2.20. The standard InChI is InChI=1S/C16H13N3O4/c1-2-23-16(20)12(11-17)9-13-7-4-8-18(13)14-5-3-6-15(10-14)19(21)22/h3-10H,2H2,1H3. The minimum atomic E-state index is -0.707. The zero-order chi connectivity index (χ0) is 16.8. The number of carbonyl (C=O) groups excluding carboxylic acids is 1. The first-order chi connectivity index (χ1) is 11.1. The molecule has 0 aliphatic heterocycles. The zero-order valence-electron chi connectivity index (χ0n) is 12.3. The van der Waals surface area contributed by atoms with Gasteiger partial charge in [-0.05, 0) is 31.2 Å². The number of nitro benzene ring substituents is 1. The summed E-state index contributed by atoms with van der Waals surface area (Å²) in [5, 5.41) is 20.0. The van der Waals surface area contributed by atoms with E-state index >= 15 is 0 Å². The van der Waals surface area contributed by atoms with Crippen LogP contribution < -0.4 is 0 Å². The van der Waals surface area contributed by atoms with Crippen molar-refractivity contribution in [1.29, 1.82) is 5.26 Å². The lowest BCUT2D eigenvalue weighted by Gasteiger charge is -2.07. The quantitative estimate of drug-likeness (QED) is 0.278. The number of esters is 1. The van der Waals surface area contributed by atoms with Crippen LogP contribution in [0.3, 0.4) is 0 Å². The van der Waals surface area contributed by atoms with Gasteiger partial charge in [0.25, 0.3) is 5.69 Å².